The molecule has 0 saturated heterocycles. The molecule has 1 aromatic carbocycles. The van der Waals surface area contributed by atoms with E-state index in [1.54, 1.807) is 0 Å². The molecule has 0 atom stereocenters. The van der Waals surface area contributed by atoms with Gasteiger partial charge >= 0.3 is 0 Å². The molecule has 0 spiro atoms. The van der Waals surface area contributed by atoms with Gasteiger partial charge in [0.15, 0.2) is 0 Å². The van der Waals surface area contributed by atoms with Crippen LogP contribution in [0.3, 0.4) is 0 Å². The maximum atomic E-state index is 13.2. The Morgan fingerprint density at radius 1 is 1.36 bits per heavy atom. The fourth-order valence-electron chi connectivity index (χ4n) is 1.04. The standard InChI is InChI=1S/C6H2ClFN2O2S2/c7-14(11,12)6-3(8)1-2-4-5(6)10-13-9-4/h1-2H. The zero-order valence-corrected chi connectivity index (χ0v) is 8.83. The highest BCUT2D eigenvalue weighted by Gasteiger charge is 2.22. The minimum atomic E-state index is -4.13. The lowest BCUT2D eigenvalue weighted by Crippen LogP contribution is -1.96. The third kappa shape index (κ3) is 1.47. The van der Waals surface area contributed by atoms with Gasteiger partial charge in [-0.15, -0.1) is 0 Å². The Morgan fingerprint density at radius 2 is 2.07 bits per heavy atom. The number of fused-ring (bicyclic) bond motifs is 1. The molecule has 0 unspecified atom stereocenters. The number of nitrogens with zero attached hydrogens (tertiary/aromatic N) is 2. The molecule has 1 aromatic heterocycles. The highest BCUT2D eigenvalue weighted by molar-refractivity contribution is 8.14. The SMILES string of the molecule is O=S(=O)(Cl)c1c(F)ccc2nsnc12. The summed E-state index contributed by atoms with van der Waals surface area (Å²) in [6, 6.07) is 2.35. The summed E-state index contributed by atoms with van der Waals surface area (Å²) >= 11 is 0.802. The molecule has 0 bridgehead atoms. The van der Waals surface area contributed by atoms with Crippen molar-refractivity contribution in [1.29, 1.82) is 0 Å². The summed E-state index contributed by atoms with van der Waals surface area (Å²) in [5, 5.41) is 0. The molecule has 14 heavy (non-hydrogen) atoms. The van der Waals surface area contributed by atoms with Gasteiger partial charge in [-0.05, 0) is 12.1 Å². The Morgan fingerprint density at radius 3 is 2.71 bits per heavy atom. The van der Waals surface area contributed by atoms with E-state index in [0.29, 0.717) is 5.52 Å². The van der Waals surface area contributed by atoms with Crippen molar-refractivity contribution < 1.29 is 12.8 Å². The van der Waals surface area contributed by atoms with Gasteiger partial charge in [0, 0.05) is 10.7 Å². The van der Waals surface area contributed by atoms with Gasteiger partial charge in [-0.3, -0.25) is 0 Å². The quantitative estimate of drug-likeness (QED) is 0.726. The van der Waals surface area contributed by atoms with Crippen LogP contribution in [0.1, 0.15) is 0 Å². The predicted molar refractivity (Wildman–Crippen MR) is 50.4 cm³/mol. The lowest BCUT2D eigenvalue weighted by Gasteiger charge is -1.97. The van der Waals surface area contributed by atoms with E-state index in [2.05, 4.69) is 8.75 Å². The van der Waals surface area contributed by atoms with Gasteiger partial charge in [-0.2, -0.15) is 8.75 Å². The van der Waals surface area contributed by atoms with E-state index in [-0.39, 0.29) is 5.52 Å². The minimum absolute atomic E-state index is 0.0231. The second kappa shape index (κ2) is 3.11. The van der Waals surface area contributed by atoms with E-state index >= 15 is 0 Å². The molecule has 2 rings (SSSR count). The molecule has 0 aliphatic rings. The fraction of sp³-hybridized carbons (Fsp3) is 0. The van der Waals surface area contributed by atoms with Gasteiger partial charge < -0.3 is 0 Å². The summed E-state index contributed by atoms with van der Waals surface area (Å²) in [7, 11) is 0.940. The maximum absolute atomic E-state index is 13.2. The summed E-state index contributed by atoms with van der Waals surface area (Å²) in [5.41, 5.74) is 0.292. The first-order valence-corrected chi connectivity index (χ1v) is 6.39. The van der Waals surface area contributed by atoms with E-state index < -0.39 is 19.8 Å². The van der Waals surface area contributed by atoms with Crippen molar-refractivity contribution in [1.82, 2.24) is 8.75 Å². The Bertz CT molecular complexity index is 595. The first-order chi connectivity index (χ1) is 6.50. The molecule has 0 radical (unpaired) electrons. The van der Waals surface area contributed by atoms with Crippen molar-refractivity contribution in [3.05, 3.63) is 17.9 Å². The van der Waals surface area contributed by atoms with Crippen molar-refractivity contribution in [3.8, 4) is 0 Å². The van der Waals surface area contributed by atoms with Gasteiger partial charge in [-0.1, -0.05) is 0 Å². The van der Waals surface area contributed by atoms with E-state index in [0.717, 1.165) is 17.8 Å². The topological polar surface area (TPSA) is 59.9 Å². The average molecular weight is 253 g/mol. The maximum Gasteiger partial charge on any atom is 0.266 e. The lowest BCUT2D eigenvalue weighted by molar-refractivity contribution is 0.578. The monoisotopic (exact) mass is 252 g/mol. The van der Waals surface area contributed by atoms with Crippen LogP contribution in [0.2, 0.25) is 0 Å². The van der Waals surface area contributed by atoms with Crippen molar-refractivity contribution >= 4 is 42.5 Å². The summed E-state index contributed by atoms with van der Waals surface area (Å²) in [6.07, 6.45) is 0. The Hall–Kier alpha value is -0.790. The number of benzene rings is 1. The summed E-state index contributed by atoms with van der Waals surface area (Å²) in [6.45, 7) is 0. The van der Waals surface area contributed by atoms with E-state index in [1.165, 1.54) is 6.07 Å². The number of hydrogen-bond donors (Lipinski definition) is 0. The van der Waals surface area contributed by atoms with Crippen LogP contribution in [0, 0.1) is 5.82 Å². The Balaban J connectivity index is 2.98. The van der Waals surface area contributed by atoms with Crippen LogP contribution in [0.15, 0.2) is 17.0 Å². The van der Waals surface area contributed by atoms with Crippen LogP contribution in [-0.4, -0.2) is 17.2 Å². The third-order valence-electron chi connectivity index (χ3n) is 1.58. The van der Waals surface area contributed by atoms with Crippen molar-refractivity contribution in [3.63, 3.8) is 0 Å². The molecule has 0 aliphatic heterocycles. The van der Waals surface area contributed by atoms with Crippen LogP contribution in [0.5, 0.6) is 0 Å². The van der Waals surface area contributed by atoms with Crippen LogP contribution >= 0.6 is 22.4 Å². The van der Waals surface area contributed by atoms with Crippen LogP contribution in [-0.2, 0) is 9.05 Å². The smallest absolute Gasteiger partial charge is 0.207 e. The fourth-order valence-corrected chi connectivity index (χ4v) is 2.76. The minimum Gasteiger partial charge on any atom is -0.207 e. The van der Waals surface area contributed by atoms with E-state index in [9.17, 15) is 12.8 Å². The van der Waals surface area contributed by atoms with Crippen LogP contribution in [0.25, 0.3) is 11.0 Å². The zero-order valence-electron chi connectivity index (χ0n) is 6.44. The molecule has 0 amide bonds. The van der Waals surface area contributed by atoms with E-state index in [1.807, 2.05) is 0 Å². The average Bonchev–Trinajstić information content (AvgIpc) is 2.48. The number of rotatable bonds is 1. The Labute approximate surface area is 87.1 Å². The molecule has 0 N–H and O–H groups in total. The zero-order chi connectivity index (χ0) is 10.3. The first kappa shape index (κ1) is 9.75. The van der Waals surface area contributed by atoms with Crippen molar-refractivity contribution in [2.75, 3.05) is 0 Å². The molecule has 8 heteroatoms. The van der Waals surface area contributed by atoms with Crippen LogP contribution in [0.4, 0.5) is 4.39 Å². The van der Waals surface area contributed by atoms with E-state index in [4.69, 9.17) is 10.7 Å². The molecule has 74 valence electrons. The molecule has 2 aromatic rings. The summed E-state index contributed by atoms with van der Waals surface area (Å²) < 4.78 is 42.7. The molecular formula is C6H2ClFN2O2S2. The van der Waals surface area contributed by atoms with Gasteiger partial charge in [0.1, 0.15) is 21.7 Å². The lowest BCUT2D eigenvalue weighted by atomic mass is 10.3. The van der Waals surface area contributed by atoms with Gasteiger partial charge in [-0.25, -0.2) is 12.8 Å². The van der Waals surface area contributed by atoms with Crippen molar-refractivity contribution in [2.45, 2.75) is 4.90 Å². The molecule has 4 nitrogen and oxygen atoms in total. The highest BCUT2D eigenvalue weighted by atomic mass is 35.7. The molecular weight excluding hydrogens is 251 g/mol. The third-order valence-corrected chi connectivity index (χ3v) is 3.46. The number of hydrogen-bond acceptors (Lipinski definition) is 5. The van der Waals surface area contributed by atoms with Crippen molar-refractivity contribution in [2.24, 2.45) is 0 Å². The number of halogens is 2. The Kier molecular flexibility index (Phi) is 2.17. The van der Waals surface area contributed by atoms with Gasteiger partial charge in [0.2, 0.25) is 0 Å². The number of aromatic nitrogens is 2. The predicted octanol–water partition coefficient (Wildman–Crippen LogP) is 1.76. The van der Waals surface area contributed by atoms with Gasteiger partial charge in [0.05, 0.1) is 11.7 Å². The highest BCUT2D eigenvalue weighted by Crippen LogP contribution is 2.26. The second-order valence-corrected chi connectivity index (χ2v) is 5.48. The van der Waals surface area contributed by atoms with Gasteiger partial charge in [0.25, 0.3) is 9.05 Å². The largest absolute Gasteiger partial charge is 0.266 e. The first-order valence-electron chi connectivity index (χ1n) is 3.35. The molecule has 0 fully saturated rings. The molecule has 0 aliphatic carbocycles. The summed E-state index contributed by atoms with van der Waals surface area (Å²) in [5.74, 6) is -0.916. The molecule has 0 saturated carbocycles. The molecule has 1 heterocycles. The van der Waals surface area contributed by atoms with Crippen LogP contribution < -0.4 is 0 Å². The normalized spacial score (nSPS) is 12.1. The summed E-state index contributed by atoms with van der Waals surface area (Å²) in [4.78, 5) is -0.606. The second-order valence-electron chi connectivity index (χ2n) is 2.45.